The molecule has 6 rings (SSSR count). The predicted molar refractivity (Wildman–Crippen MR) is 178 cm³/mol. The number of sulfonamides is 1. The molecule has 6 aromatic rings. The quantitative estimate of drug-likeness (QED) is 0.155. The van der Waals surface area contributed by atoms with E-state index < -0.39 is 10.0 Å². The third-order valence-electron chi connectivity index (χ3n) is 7.61. The number of anilines is 1. The fourth-order valence-corrected chi connectivity index (χ4v) is 6.85. The van der Waals surface area contributed by atoms with Crippen molar-refractivity contribution in [1.29, 1.82) is 5.26 Å². The van der Waals surface area contributed by atoms with Gasteiger partial charge >= 0.3 is 0 Å². The van der Waals surface area contributed by atoms with Crippen LogP contribution in [0.5, 0.6) is 11.5 Å². The van der Waals surface area contributed by atoms with Crippen LogP contribution in [-0.4, -0.2) is 23.2 Å². The molecule has 0 fully saturated rings. The first-order chi connectivity index (χ1) is 22.3. The largest absolute Gasteiger partial charge is 0.457 e. The molecule has 0 aliphatic rings. The van der Waals surface area contributed by atoms with Gasteiger partial charge in [-0.3, -0.25) is 4.31 Å². The predicted octanol–water partition coefficient (Wildman–Crippen LogP) is 7.67. The van der Waals surface area contributed by atoms with Crippen LogP contribution in [0.1, 0.15) is 28.1 Å². The first-order valence-electron chi connectivity index (χ1n) is 14.7. The Morgan fingerprint density at radius 1 is 0.804 bits per heavy atom. The summed E-state index contributed by atoms with van der Waals surface area (Å²) >= 11 is 0. The lowest BCUT2D eigenvalue weighted by Gasteiger charge is -2.25. The van der Waals surface area contributed by atoms with Gasteiger partial charge in [0.25, 0.3) is 10.0 Å². The molecule has 0 unspecified atom stereocenters. The minimum atomic E-state index is -4.06. The summed E-state index contributed by atoms with van der Waals surface area (Å²) in [6.45, 7) is 4.20. The van der Waals surface area contributed by atoms with Crippen LogP contribution in [0, 0.1) is 25.2 Å². The van der Waals surface area contributed by atoms with Gasteiger partial charge in [-0.05, 0) is 90.7 Å². The summed E-state index contributed by atoms with van der Waals surface area (Å²) in [7, 11) is -4.06. The molecule has 0 bridgehead atoms. The van der Waals surface area contributed by atoms with Crippen LogP contribution in [0.25, 0.3) is 11.1 Å². The van der Waals surface area contributed by atoms with E-state index >= 15 is 0 Å². The molecular formula is C37H31N5O3S. The molecule has 9 heteroatoms. The zero-order valence-corrected chi connectivity index (χ0v) is 26.2. The number of para-hydroxylation sites is 1. The Morgan fingerprint density at radius 2 is 1.52 bits per heavy atom. The Labute approximate surface area is 268 Å². The highest BCUT2D eigenvalue weighted by Gasteiger charge is 2.29. The van der Waals surface area contributed by atoms with Gasteiger partial charge in [-0.1, -0.05) is 72.3 Å². The third-order valence-corrected chi connectivity index (χ3v) is 9.55. The monoisotopic (exact) mass is 625 g/mol. The van der Waals surface area contributed by atoms with Crippen molar-refractivity contribution in [2.24, 2.45) is 0 Å². The number of ether oxygens (including phenoxy) is 1. The maximum absolute atomic E-state index is 14.5. The number of hydrogen-bond acceptors (Lipinski definition) is 6. The zero-order valence-electron chi connectivity index (χ0n) is 25.4. The molecular weight excluding hydrogens is 595 g/mol. The van der Waals surface area contributed by atoms with Crippen LogP contribution in [0.15, 0.2) is 133 Å². The molecule has 5 aromatic carbocycles. The van der Waals surface area contributed by atoms with Gasteiger partial charge in [-0.25, -0.2) is 8.42 Å². The Balaban J connectivity index is 1.35. The maximum atomic E-state index is 14.5. The highest BCUT2D eigenvalue weighted by molar-refractivity contribution is 7.92. The van der Waals surface area contributed by atoms with Crippen molar-refractivity contribution in [2.45, 2.75) is 31.8 Å². The Hall–Kier alpha value is -5.72. The summed E-state index contributed by atoms with van der Waals surface area (Å²) in [6, 6.07) is 39.2. The molecule has 1 heterocycles. The highest BCUT2D eigenvalue weighted by atomic mass is 32.2. The average Bonchev–Trinajstić information content (AvgIpc) is 3.51. The van der Waals surface area contributed by atoms with Gasteiger partial charge in [0.1, 0.15) is 17.8 Å². The molecule has 0 radical (unpaired) electrons. The minimum absolute atomic E-state index is 0.0590. The van der Waals surface area contributed by atoms with Crippen LogP contribution in [-0.2, 0) is 23.1 Å². The van der Waals surface area contributed by atoms with E-state index in [4.69, 9.17) is 10.00 Å². The molecule has 0 atom stereocenters. The van der Waals surface area contributed by atoms with E-state index in [1.54, 1.807) is 48.8 Å². The smallest absolute Gasteiger partial charge is 0.264 e. The van der Waals surface area contributed by atoms with Crippen LogP contribution >= 0.6 is 0 Å². The van der Waals surface area contributed by atoms with Crippen LogP contribution in [0.4, 0.5) is 5.69 Å². The van der Waals surface area contributed by atoms with Crippen LogP contribution < -0.4 is 9.04 Å². The summed E-state index contributed by atoms with van der Waals surface area (Å²) in [4.78, 5) is 0.201. The van der Waals surface area contributed by atoms with Crippen molar-refractivity contribution in [3.8, 4) is 28.7 Å². The number of rotatable bonds is 10. The lowest BCUT2D eigenvalue weighted by Crippen LogP contribution is -2.32. The van der Waals surface area contributed by atoms with Crippen LogP contribution in [0.3, 0.4) is 0 Å². The molecule has 0 spiro atoms. The van der Waals surface area contributed by atoms with Crippen molar-refractivity contribution in [3.63, 3.8) is 0 Å². The molecule has 1 aromatic heterocycles. The van der Waals surface area contributed by atoms with E-state index in [1.807, 2.05) is 91.2 Å². The van der Waals surface area contributed by atoms with E-state index in [-0.39, 0.29) is 11.4 Å². The van der Waals surface area contributed by atoms with E-state index in [9.17, 15) is 8.42 Å². The number of nitrogens with zero attached hydrogens (tertiary/aromatic N) is 5. The van der Waals surface area contributed by atoms with E-state index in [0.29, 0.717) is 40.7 Å². The third kappa shape index (κ3) is 6.67. The first kappa shape index (κ1) is 30.3. The normalized spacial score (nSPS) is 11.2. The molecule has 46 heavy (non-hydrogen) atoms. The second kappa shape index (κ2) is 13.1. The molecule has 8 nitrogen and oxygen atoms in total. The Kier molecular flexibility index (Phi) is 8.63. The van der Waals surface area contributed by atoms with Gasteiger partial charge in [0.2, 0.25) is 0 Å². The van der Waals surface area contributed by atoms with E-state index in [1.165, 1.54) is 4.31 Å². The second-order valence-electron chi connectivity index (χ2n) is 11.0. The number of hydrogen-bond donors (Lipinski definition) is 0. The fraction of sp³-hybridized carbons (Fsp3) is 0.108. The topological polar surface area (TPSA) is 101 Å². The van der Waals surface area contributed by atoms with Crippen molar-refractivity contribution in [3.05, 3.63) is 156 Å². The van der Waals surface area contributed by atoms with Gasteiger partial charge in [-0.2, -0.15) is 5.26 Å². The first-order valence-corrected chi connectivity index (χ1v) is 16.1. The minimum Gasteiger partial charge on any atom is -0.457 e. The van der Waals surface area contributed by atoms with Crippen molar-refractivity contribution in [1.82, 2.24) is 14.8 Å². The second-order valence-corrected chi connectivity index (χ2v) is 12.8. The van der Waals surface area contributed by atoms with Gasteiger partial charge in [-0.15, -0.1) is 10.2 Å². The van der Waals surface area contributed by atoms with Gasteiger partial charge in [0, 0.05) is 0 Å². The van der Waals surface area contributed by atoms with E-state index in [2.05, 4.69) is 22.3 Å². The molecule has 0 saturated heterocycles. The van der Waals surface area contributed by atoms with Crippen LogP contribution in [0.2, 0.25) is 0 Å². The average molecular weight is 626 g/mol. The molecule has 0 N–H and O–H groups in total. The molecule has 0 aliphatic carbocycles. The summed E-state index contributed by atoms with van der Waals surface area (Å²) in [5.74, 6) is 1.72. The maximum Gasteiger partial charge on any atom is 0.264 e. The van der Waals surface area contributed by atoms with Crippen molar-refractivity contribution >= 4 is 15.7 Å². The van der Waals surface area contributed by atoms with Crippen molar-refractivity contribution < 1.29 is 13.2 Å². The number of aromatic nitrogens is 3. The van der Waals surface area contributed by atoms with Gasteiger partial charge < -0.3 is 9.30 Å². The van der Waals surface area contributed by atoms with Gasteiger partial charge in [0.15, 0.2) is 5.82 Å². The zero-order chi connectivity index (χ0) is 32.1. The summed E-state index contributed by atoms with van der Waals surface area (Å²) < 4.78 is 38.1. The number of nitriles is 1. The Bertz CT molecular complexity index is 2120. The summed E-state index contributed by atoms with van der Waals surface area (Å²) in [6.07, 6.45) is 1.58. The SMILES string of the molecule is Cc1cccc(-c2ccc(S(=O)(=O)N(Cc3nncn3Cc3ccc(C#N)cc3)c3ccc(Oc4ccccc4)cc3)c(C)c2)c1. The fourth-order valence-electron chi connectivity index (χ4n) is 5.23. The van der Waals surface area contributed by atoms with Gasteiger partial charge in [0.05, 0.1) is 35.3 Å². The Morgan fingerprint density at radius 3 is 2.22 bits per heavy atom. The van der Waals surface area contributed by atoms with E-state index in [0.717, 1.165) is 22.3 Å². The highest BCUT2D eigenvalue weighted by Crippen LogP contribution is 2.32. The van der Waals surface area contributed by atoms with Crippen molar-refractivity contribution in [2.75, 3.05) is 4.31 Å². The number of aryl methyl sites for hydroxylation is 2. The summed E-state index contributed by atoms with van der Waals surface area (Å²) in [5.41, 5.74) is 5.67. The molecule has 0 aliphatic heterocycles. The molecule has 0 saturated carbocycles. The number of benzene rings is 5. The standard InChI is InChI=1S/C37H31N5O3S/c1-27-7-6-8-31(21-27)32-15-20-36(28(2)22-32)46(43,44)42(33-16-18-35(19-17-33)45-34-9-4-3-5-10-34)25-37-40-39-26-41(37)24-30-13-11-29(23-38)12-14-30/h3-22,26H,24-25H2,1-2H3. The molecule has 228 valence electrons. The molecule has 0 amide bonds. The lowest BCUT2D eigenvalue weighted by atomic mass is 10.0. The summed E-state index contributed by atoms with van der Waals surface area (Å²) in [5, 5.41) is 17.6. The lowest BCUT2D eigenvalue weighted by molar-refractivity contribution is 0.482.